The second-order valence-electron chi connectivity index (χ2n) is 6.21. The molecule has 128 valence electrons. The van der Waals surface area contributed by atoms with Crippen LogP contribution in [0, 0.1) is 23.5 Å². The van der Waals surface area contributed by atoms with Crippen LogP contribution < -0.4 is 5.32 Å². The molecule has 1 aliphatic rings. The number of carbonyl (C=O) groups is 1. The van der Waals surface area contributed by atoms with E-state index in [2.05, 4.69) is 17.2 Å². The standard InChI is InChI=1S/C20H17F2NO2/c21-17-9-8-15(18(22)12-17)5-2-14-3-6-16(7-4-14)19(24)23-13-20(25)10-1-11-20/h3-4,6-9,12,25H,1,10-11,13H2,(H,23,24). The Morgan fingerprint density at radius 1 is 1.12 bits per heavy atom. The zero-order valence-corrected chi connectivity index (χ0v) is 13.5. The van der Waals surface area contributed by atoms with Gasteiger partial charge in [-0.2, -0.15) is 0 Å². The van der Waals surface area contributed by atoms with Gasteiger partial charge in [-0.1, -0.05) is 11.8 Å². The van der Waals surface area contributed by atoms with E-state index in [0.717, 1.165) is 18.6 Å². The fourth-order valence-corrected chi connectivity index (χ4v) is 2.54. The molecule has 5 heteroatoms. The van der Waals surface area contributed by atoms with Gasteiger partial charge in [0.2, 0.25) is 0 Å². The van der Waals surface area contributed by atoms with E-state index in [-0.39, 0.29) is 18.0 Å². The number of rotatable bonds is 3. The monoisotopic (exact) mass is 341 g/mol. The van der Waals surface area contributed by atoms with Crippen molar-refractivity contribution in [3.63, 3.8) is 0 Å². The molecule has 2 aromatic carbocycles. The summed E-state index contributed by atoms with van der Waals surface area (Å²) >= 11 is 0. The highest BCUT2D eigenvalue weighted by molar-refractivity contribution is 5.94. The van der Waals surface area contributed by atoms with Crippen LogP contribution in [0.1, 0.15) is 40.7 Å². The number of carbonyl (C=O) groups excluding carboxylic acids is 1. The van der Waals surface area contributed by atoms with Crippen molar-refractivity contribution in [3.05, 3.63) is 70.8 Å². The van der Waals surface area contributed by atoms with Crippen LogP contribution in [0.25, 0.3) is 0 Å². The summed E-state index contributed by atoms with van der Waals surface area (Å²) in [7, 11) is 0. The van der Waals surface area contributed by atoms with Crippen molar-refractivity contribution in [3.8, 4) is 11.8 Å². The lowest BCUT2D eigenvalue weighted by Gasteiger charge is -2.36. The van der Waals surface area contributed by atoms with Crippen molar-refractivity contribution in [2.45, 2.75) is 24.9 Å². The normalized spacial score (nSPS) is 14.8. The number of aliphatic hydroxyl groups is 1. The van der Waals surface area contributed by atoms with E-state index < -0.39 is 17.2 Å². The summed E-state index contributed by atoms with van der Waals surface area (Å²) in [5, 5.41) is 12.7. The predicted molar refractivity (Wildman–Crippen MR) is 89.9 cm³/mol. The maximum Gasteiger partial charge on any atom is 0.251 e. The van der Waals surface area contributed by atoms with Gasteiger partial charge in [0.25, 0.3) is 5.91 Å². The van der Waals surface area contributed by atoms with Crippen LogP contribution in [0.4, 0.5) is 8.78 Å². The van der Waals surface area contributed by atoms with Crippen molar-refractivity contribution in [1.29, 1.82) is 0 Å². The highest BCUT2D eigenvalue weighted by atomic mass is 19.1. The van der Waals surface area contributed by atoms with Crippen molar-refractivity contribution in [2.75, 3.05) is 6.54 Å². The van der Waals surface area contributed by atoms with E-state index in [1.54, 1.807) is 24.3 Å². The molecule has 0 radical (unpaired) electrons. The number of amides is 1. The minimum Gasteiger partial charge on any atom is -0.388 e. The smallest absolute Gasteiger partial charge is 0.251 e. The zero-order chi connectivity index (χ0) is 17.9. The second kappa shape index (κ2) is 7.04. The summed E-state index contributed by atoms with van der Waals surface area (Å²) in [6.45, 7) is 0.247. The first-order chi connectivity index (χ1) is 12.0. The maximum atomic E-state index is 13.5. The van der Waals surface area contributed by atoms with Crippen molar-refractivity contribution in [1.82, 2.24) is 5.32 Å². The minimum atomic E-state index is -0.764. The highest BCUT2D eigenvalue weighted by Crippen LogP contribution is 2.30. The molecule has 1 aliphatic carbocycles. The van der Waals surface area contributed by atoms with Crippen LogP contribution in [-0.2, 0) is 0 Å². The Morgan fingerprint density at radius 3 is 2.44 bits per heavy atom. The SMILES string of the molecule is O=C(NCC1(O)CCC1)c1ccc(C#Cc2ccc(F)cc2F)cc1. The molecule has 1 amide bonds. The van der Waals surface area contributed by atoms with E-state index in [1.165, 1.54) is 6.07 Å². The maximum absolute atomic E-state index is 13.5. The summed E-state index contributed by atoms with van der Waals surface area (Å²) in [4.78, 5) is 12.1. The van der Waals surface area contributed by atoms with Gasteiger partial charge in [0.1, 0.15) is 11.6 Å². The fraction of sp³-hybridized carbons (Fsp3) is 0.250. The second-order valence-corrected chi connectivity index (χ2v) is 6.21. The Kier molecular flexibility index (Phi) is 4.82. The average Bonchev–Trinajstić information content (AvgIpc) is 2.58. The molecular formula is C20H17F2NO2. The summed E-state index contributed by atoms with van der Waals surface area (Å²) in [5.74, 6) is 3.80. The van der Waals surface area contributed by atoms with Crippen LogP contribution in [0.5, 0.6) is 0 Å². The van der Waals surface area contributed by atoms with Crippen LogP contribution in [0.2, 0.25) is 0 Å². The molecule has 0 saturated heterocycles. The summed E-state index contributed by atoms with van der Waals surface area (Å²) in [6.07, 6.45) is 2.40. The molecule has 0 aliphatic heterocycles. The van der Waals surface area contributed by atoms with Gasteiger partial charge in [0.15, 0.2) is 0 Å². The molecule has 1 fully saturated rings. The van der Waals surface area contributed by atoms with Crippen LogP contribution in [0.3, 0.4) is 0 Å². The van der Waals surface area contributed by atoms with Crippen molar-refractivity contribution in [2.24, 2.45) is 0 Å². The Bertz CT molecular complexity index is 846. The lowest BCUT2D eigenvalue weighted by molar-refractivity contribution is -0.0300. The first-order valence-corrected chi connectivity index (χ1v) is 8.03. The zero-order valence-electron chi connectivity index (χ0n) is 13.5. The third kappa shape index (κ3) is 4.23. The van der Waals surface area contributed by atoms with Crippen molar-refractivity contribution < 1.29 is 18.7 Å². The number of hydrogen-bond donors (Lipinski definition) is 2. The first kappa shape index (κ1) is 17.1. The molecule has 3 nitrogen and oxygen atoms in total. The molecule has 0 atom stereocenters. The third-order valence-corrected chi connectivity index (χ3v) is 4.28. The van der Waals surface area contributed by atoms with Gasteiger partial charge in [0, 0.05) is 23.7 Å². The Labute approximate surface area is 144 Å². The average molecular weight is 341 g/mol. The van der Waals surface area contributed by atoms with Gasteiger partial charge in [-0.05, 0) is 55.7 Å². The van der Waals surface area contributed by atoms with Crippen LogP contribution in [0.15, 0.2) is 42.5 Å². The molecule has 0 aromatic heterocycles. The number of benzene rings is 2. The highest BCUT2D eigenvalue weighted by Gasteiger charge is 2.34. The number of halogens is 2. The Balaban J connectivity index is 1.64. The summed E-state index contributed by atoms with van der Waals surface area (Å²) in [5.41, 5.74) is 0.414. The lowest BCUT2D eigenvalue weighted by Crippen LogP contribution is -2.47. The van der Waals surface area contributed by atoms with Gasteiger partial charge >= 0.3 is 0 Å². The van der Waals surface area contributed by atoms with E-state index in [9.17, 15) is 18.7 Å². The molecular weight excluding hydrogens is 324 g/mol. The molecule has 2 N–H and O–H groups in total. The van der Waals surface area contributed by atoms with E-state index in [0.29, 0.717) is 24.0 Å². The van der Waals surface area contributed by atoms with Crippen molar-refractivity contribution >= 4 is 5.91 Å². The summed E-state index contributed by atoms with van der Waals surface area (Å²) < 4.78 is 26.4. The lowest BCUT2D eigenvalue weighted by atomic mass is 9.80. The van der Waals surface area contributed by atoms with Gasteiger partial charge in [-0.15, -0.1) is 0 Å². The molecule has 0 unspecified atom stereocenters. The molecule has 3 rings (SSSR count). The minimum absolute atomic E-state index is 0.108. The molecule has 0 spiro atoms. The van der Waals surface area contributed by atoms with Gasteiger partial charge in [-0.3, -0.25) is 4.79 Å². The quantitative estimate of drug-likeness (QED) is 0.843. The Morgan fingerprint density at radius 2 is 1.84 bits per heavy atom. The molecule has 25 heavy (non-hydrogen) atoms. The number of nitrogens with one attached hydrogen (secondary N) is 1. The van der Waals surface area contributed by atoms with E-state index >= 15 is 0 Å². The largest absolute Gasteiger partial charge is 0.388 e. The van der Waals surface area contributed by atoms with E-state index in [1.807, 2.05) is 0 Å². The van der Waals surface area contributed by atoms with E-state index in [4.69, 9.17) is 0 Å². The number of hydrogen-bond acceptors (Lipinski definition) is 2. The molecule has 0 heterocycles. The summed E-state index contributed by atoms with van der Waals surface area (Å²) in [6, 6.07) is 9.76. The van der Waals surface area contributed by atoms with Crippen LogP contribution in [-0.4, -0.2) is 23.2 Å². The Hall–Kier alpha value is -2.71. The molecule has 0 bridgehead atoms. The predicted octanol–water partition coefficient (Wildman–Crippen LogP) is 3.01. The fourth-order valence-electron chi connectivity index (χ4n) is 2.54. The van der Waals surface area contributed by atoms with Gasteiger partial charge in [0.05, 0.1) is 11.2 Å². The van der Waals surface area contributed by atoms with Gasteiger partial charge < -0.3 is 10.4 Å². The van der Waals surface area contributed by atoms with Crippen LogP contribution >= 0.6 is 0 Å². The molecule has 1 saturated carbocycles. The molecule has 2 aromatic rings. The third-order valence-electron chi connectivity index (χ3n) is 4.28. The van der Waals surface area contributed by atoms with Gasteiger partial charge in [-0.25, -0.2) is 8.78 Å². The first-order valence-electron chi connectivity index (χ1n) is 8.03. The topological polar surface area (TPSA) is 49.3 Å².